The highest BCUT2D eigenvalue weighted by atomic mass is 35.5. The lowest BCUT2D eigenvalue weighted by Crippen LogP contribution is -2.28. The standard InChI is InChI=1S/C9H8Cl2FN5O2S/c1-4(9-13-16-17-14-9)15-20(18,19)6-3-2-5(10)8(12)7(6)11/h2-4,15H,1H3,(H,13,14,16,17). The summed E-state index contributed by atoms with van der Waals surface area (Å²) in [7, 11) is -4.06. The number of aromatic amines is 1. The molecule has 2 aromatic rings. The van der Waals surface area contributed by atoms with Gasteiger partial charge in [-0.15, -0.1) is 10.2 Å². The molecule has 20 heavy (non-hydrogen) atoms. The molecule has 7 nitrogen and oxygen atoms in total. The molecule has 1 heterocycles. The van der Waals surface area contributed by atoms with Gasteiger partial charge in [0, 0.05) is 0 Å². The van der Waals surface area contributed by atoms with E-state index in [1.807, 2.05) is 0 Å². The first-order valence-electron chi connectivity index (χ1n) is 5.22. The predicted octanol–water partition coefficient (Wildman–Crippen LogP) is 1.69. The highest BCUT2D eigenvalue weighted by molar-refractivity contribution is 7.89. The summed E-state index contributed by atoms with van der Waals surface area (Å²) < 4.78 is 40.1. The molecule has 0 aliphatic carbocycles. The maximum absolute atomic E-state index is 13.5. The summed E-state index contributed by atoms with van der Waals surface area (Å²) in [6.45, 7) is 1.50. The first kappa shape index (κ1) is 15.1. The Morgan fingerprint density at radius 3 is 2.70 bits per heavy atom. The van der Waals surface area contributed by atoms with Crippen molar-refractivity contribution in [2.75, 3.05) is 0 Å². The molecule has 1 aromatic heterocycles. The summed E-state index contributed by atoms with van der Waals surface area (Å²) in [4.78, 5) is -0.420. The van der Waals surface area contributed by atoms with Gasteiger partial charge < -0.3 is 0 Å². The Bertz CT molecular complexity index is 722. The van der Waals surface area contributed by atoms with E-state index in [9.17, 15) is 12.8 Å². The lowest BCUT2D eigenvalue weighted by Gasteiger charge is -2.12. The monoisotopic (exact) mass is 339 g/mol. The first-order valence-corrected chi connectivity index (χ1v) is 7.46. The topological polar surface area (TPSA) is 101 Å². The summed E-state index contributed by atoms with van der Waals surface area (Å²) in [5.74, 6) is -0.859. The normalized spacial score (nSPS) is 13.4. The van der Waals surface area contributed by atoms with E-state index in [-0.39, 0.29) is 10.8 Å². The molecule has 1 atom stereocenters. The van der Waals surface area contributed by atoms with Gasteiger partial charge in [0.25, 0.3) is 0 Å². The Balaban J connectivity index is 2.34. The second-order valence-corrected chi connectivity index (χ2v) is 6.25. The zero-order valence-corrected chi connectivity index (χ0v) is 12.3. The number of sulfonamides is 1. The Labute approximate surface area is 123 Å². The number of aromatic nitrogens is 4. The van der Waals surface area contributed by atoms with E-state index in [1.165, 1.54) is 6.92 Å². The SMILES string of the molecule is CC(NS(=O)(=O)c1ccc(Cl)c(F)c1Cl)c1nn[nH]n1. The molecule has 0 spiro atoms. The van der Waals surface area contributed by atoms with Crippen molar-refractivity contribution in [2.45, 2.75) is 17.9 Å². The van der Waals surface area contributed by atoms with Crippen molar-refractivity contribution in [2.24, 2.45) is 0 Å². The van der Waals surface area contributed by atoms with Gasteiger partial charge in [0.2, 0.25) is 10.0 Å². The minimum Gasteiger partial charge on any atom is -0.207 e. The molecule has 0 radical (unpaired) electrons. The summed E-state index contributed by atoms with van der Waals surface area (Å²) in [5, 5.41) is 12.0. The minimum atomic E-state index is -4.06. The average Bonchev–Trinajstić information content (AvgIpc) is 2.89. The van der Waals surface area contributed by atoms with E-state index in [0.717, 1.165) is 12.1 Å². The smallest absolute Gasteiger partial charge is 0.207 e. The van der Waals surface area contributed by atoms with Crippen LogP contribution in [0.3, 0.4) is 0 Å². The van der Waals surface area contributed by atoms with Gasteiger partial charge >= 0.3 is 0 Å². The minimum absolute atomic E-state index is 0.138. The van der Waals surface area contributed by atoms with Gasteiger partial charge in [-0.05, 0) is 19.1 Å². The van der Waals surface area contributed by atoms with Crippen LogP contribution in [0.25, 0.3) is 0 Å². The number of nitrogens with one attached hydrogen (secondary N) is 2. The Hall–Kier alpha value is -1.29. The average molecular weight is 340 g/mol. The van der Waals surface area contributed by atoms with Crippen molar-refractivity contribution in [1.82, 2.24) is 25.3 Å². The highest BCUT2D eigenvalue weighted by Gasteiger charge is 2.25. The molecule has 0 fully saturated rings. The quantitative estimate of drug-likeness (QED) is 0.825. The second kappa shape index (κ2) is 5.60. The van der Waals surface area contributed by atoms with Crippen LogP contribution in [-0.2, 0) is 10.0 Å². The van der Waals surface area contributed by atoms with Crippen LogP contribution in [-0.4, -0.2) is 29.0 Å². The van der Waals surface area contributed by atoms with Crippen molar-refractivity contribution in [3.05, 3.63) is 33.8 Å². The maximum Gasteiger partial charge on any atom is 0.242 e. The van der Waals surface area contributed by atoms with Crippen molar-refractivity contribution in [1.29, 1.82) is 0 Å². The van der Waals surface area contributed by atoms with Crippen LogP contribution in [0.2, 0.25) is 10.0 Å². The van der Waals surface area contributed by atoms with Crippen LogP contribution in [0.5, 0.6) is 0 Å². The van der Waals surface area contributed by atoms with Gasteiger partial charge in [0.05, 0.1) is 16.1 Å². The lowest BCUT2D eigenvalue weighted by atomic mass is 10.3. The van der Waals surface area contributed by atoms with Crippen LogP contribution in [0.15, 0.2) is 17.0 Å². The maximum atomic E-state index is 13.5. The van der Waals surface area contributed by atoms with Crippen molar-refractivity contribution in [3.63, 3.8) is 0 Å². The predicted molar refractivity (Wildman–Crippen MR) is 69.3 cm³/mol. The number of benzene rings is 1. The van der Waals surface area contributed by atoms with E-state index < -0.39 is 31.8 Å². The number of tetrazole rings is 1. The summed E-state index contributed by atoms with van der Waals surface area (Å²) >= 11 is 11.2. The van der Waals surface area contributed by atoms with Gasteiger partial charge in [0.15, 0.2) is 11.6 Å². The number of hydrogen-bond donors (Lipinski definition) is 2. The van der Waals surface area contributed by atoms with Gasteiger partial charge in [-0.25, -0.2) is 17.5 Å². The molecule has 0 bridgehead atoms. The summed E-state index contributed by atoms with van der Waals surface area (Å²) in [6, 6.07) is 1.45. The molecule has 0 saturated heterocycles. The van der Waals surface area contributed by atoms with Crippen LogP contribution >= 0.6 is 23.2 Å². The fraction of sp³-hybridized carbons (Fsp3) is 0.222. The third-order valence-corrected chi connectivity index (χ3v) is 4.73. The fourth-order valence-corrected chi connectivity index (χ4v) is 3.36. The number of halogens is 3. The Morgan fingerprint density at radius 2 is 2.10 bits per heavy atom. The largest absolute Gasteiger partial charge is 0.242 e. The van der Waals surface area contributed by atoms with Gasteiger partial charge in [0.1, 0.15) is 4.90 Å². The molecule has 0 aliphatic heterocycles. The second-order valence-electron chi connectivity index (χ2n) is 3.79. The molecule has 2 rings (SSSR count). The van der Waals surface area contributed by atoms with E-state index in [0.29, 0.717) is 0 Å². The molecule has 1 unspecified atom stereocenters. The molecule has 0 saturated carbocycles. The van der Waals surface area contributed by atoms with E-state index >= 15 is 0 Å². The van der Waals surface area contributed by atoms with Crippen LogP contribution < -0.4 is 4.72 Å². The van der Waals surface area contributed by atoms with Crippen LogP contribution in [0, 0.1) is 5.82 Å². The number of H-pyrrole nitrogens is 1. The molecular weight excluding hydrogens is 332 g/mol. The van der Waals surface area contributed by atoms with Crippen LogP contribution in [0.1, 0.15) is 18.8 Å². The van der Waals surface area contributed by atoms with Gasteiger partial charge in [-0.2, -0.15) is 5.21 Å². The number of hydrogen-bond acceptors (Lipinski definition) is 5. The molecule has 108 valence electrons. The Morgan fingerprint density at radius 1 is 1.40 bits per heavy atom. The molecule has 0 amide bonds. The molecule has 2 N–H and O–H groups in total. The van der Waals surface area contributed by atoms with E-state index in [4.69, 9.17) is 23.2 Å². The molecule has 1 aromatic carbocycles. The van der Waals surface area contributed by atoms with Crippen molar-refractivity contribution in [3.8, 4) is 0 Å². The van der Waals surface area contributed by atoms with E-state index in [2.05, 4.69) is 25.3 Å². The van der Waals surface area contributed by atoms with Crippen LogP contribution in [0.4, 0.5) is 4.39 Å². The number of rotatable bonds is 4. The van der Waals surface area contributed by atoms with E-state index in [1.54, 1.807) is 0 Å². The fourth-order valence-electron chi connectivity index (χ4n) is 1.42. The highest BCUT2D eigenvalue weighted by Crippen LogP contribution is 2.29. The third-order valence-electron chi connectivity index (χ3n) is 2.37. The third kappa shape index (κ3) is 2.90. The zero-order valence-electron chi connectivity index (χ0n) is 9.93. The lowest BCUT2D eigenvalue weighted by molar-refractivity contribution is 0.557. The Kier molecular flexibility index (Phi) is 4.23. The number of nitrogens with zero attached hydrogens (tertiary/aromatic N) is 3. The van der Waals surface area contributed by atoms with Crippen molar-refractivity contribution >= 4 is 33.2 Å². The summed E-state index contributed by atoms with van der Waals surface area (Å²) in [6.07, 6.45) is 0. The first-order chi connectivity index (χ1) is 9.33. The van der Waals surface area contributed by atoms with Crippen molar-refractivity contribution < 1.29 is 12.8 Å². The molecule has 11 heteroatoms. The zero-order chi connectivity index (χ0) is 14.9. The summed E-state index contributed by atoms with van der Waals surface area (Å²) in [5.41, 5.74) is 0. The van der Waals surface area contributed by atoms with Gasteiger partial charge in [-0.1, -0.05) is 28.4 Å². The molecular formula is C9H8Cl2FN5O2S. The molecule has 0 aliphatic rings. The van der Waals surface area contributed by atoms with Gasteiger partial charge in [-0.3, -0.25) is 0 Å².